The van der Waals surface area contributed by atoms with E-state index in [9.17, 15) is 9.18 Å². The first-order valence-corrected chi connectivity index (χ1v) is 13.3. The third kappa shape index (κ3) is 5.29. The molecule has 0 radical (unpaired) electrons. The Kier molecular flexibility index (Phi) is 6.64. The van der Waals surface area contributed by atoms with Crippen LogP contribution in [0.25, 0.3) is 11.6 Å². The molecular formula is C29H32FN6O3+. The van der Waals surface area contributed by atoms with E-state index in [1.165, 1.54) is 12.1 Å². The van der Waals surface area contributed by atoms with E-state index in [0.29, 0.717) is 36.4 Å². The average Bonchev–Trinajstić information content (AvgIpc) is 3.52. The van der Waals surface area contributed by atoms with Gasteiger partial charge in [-0.3, -0.25) is 4.68 Å². The Balaban J connectivity index is 1.18. The first-order valence-electron chi connectivity index (χ1n) is 13.3. The van der Waals surface area contributed by atoms with Crippen molar-refractivity contribution in [3.8, 4) is 11.6 Å². The smallest absolute Gasteiger partial charge is 0.333 e. The minimum absolute atomic E-state index is 0.216. The number of quaternary nitrogens is 1. The molecule has 1 unspecified atom stereocenters. The van der Waals surface area contributed by atoms with Crippen molar-refractivity contribution >= 4 is 11.7 Å². The van der Waals surface area contributed by atoms with Crippen molar-refractivity contribution in [3.63, 3.8) is 0 Å². The summed E-state index contributed by atoms with van der Waals surface area (Å²) >= 11 is 0. The van der Waals surface area contributed by atoms with Gasteiger partial charge in [-0.05, 0) is 36.8 Å². The van der Waals surface area contributed by atoms with Gasteiger partial charge in [-0.15, -0.1) is 0 Å². The summed E-state index contributed by atoms with van der Waals surface area (Å²) in [5, 5.41) is 11.8. The number of esters is 1. The molecule has 39 heavy (non-hydrogen) atoms. The van der Waals surface area contributed by atoms with Crippen molar-refractivity contribution in [3.05, 3.63) is 83.6 Å². The number of hydrogen-bond acceptors (Lipinski definition) is 7. The predicted octanol–water partition coefficient (Wildman–Crippen LogP) is 4.42. The van der Waals surface area contributed by atoms with Crippen molar-refractivity contribution in [2.24, 2.45) is 13.0 Å². The lowest BCUT2D eigenvalue weighted by Crippen LogP contribution is -2.64. The van der Waals surface area contributed by atoms with E-state index in [1.807, 2.05) is 50.4 Å². The highest BCUT2D eigenvalue weighted by Gasteiger charge is 2.48. The monoisotopic (exact) mass is 531 g/mol. The Morgan fingerprint density at radius 2 is 1.97 bits per heavy atom. The van der Waals surface area contributed by atoms with E-state index in [-0.39, 0.29) is 17.9 Å². The second-order valence-electron chi connectivity index (χ2n) is 10.8. The molecule has 0 saturated carbocycles. The van der Waals surface area contributed by atoms with Crippen molar-refractivity contribution in [2.45, 2.75) is 38.5 Å². The van der Waals surface area contributed by atoms with Gasteiger partial charge in [0.2, 0.25) is 5.82 Å². The van der Waals surface area contributed by atoms with E-state index >= 15 is 0 Å². The van der Waals surface area contributed by atoms with Crippen molar-refractivity contribution < 1.29 is 22.9 Å². The molecule has 2 aromatic heterocycles. The Morgan fingerprint density at radius 3 is 2.69 bits per heavy atom. The molecule has 9 nitrogen and oxygen atoms in total. The fraction of sp³-hybridized carbons (Fsp3) is 0.379. The van der Waals surface area contributed by atoms with E-state index in [1.54, 1.807) is 16.8 Å². The summed E-state index contributed by atoms with van der Waals surface area (Å²) in [6, 6.07) is 16.7. The van der Waals surface area contributed by atoms with Gasteiger partial charge < -0.3 is 19.1 Å². The van der Waals surface area contributed by atoms with Gasteiger partial charge in [0, 0.05) is 31.5 Å². The SMILES string of the molecule is Cc1cc(-c2nc(C[N+]34CCC(CC3)[C@@H](OC(=O)C(Nc3cccc(F)c3)c3ccccc3)C4)no2)n(C)n1. The maximum atomic E-state index is 13.9. The van der Waals surface area contributed by atoms with Crippen molar-refractivity contribution in [1.82, 2.24) is 19.9 Å². The Hall–Kier alpha value is -4.05. The van der Waals surface area contributed by atoms with Crippen molar-refractivity contribution in [1.29, 1.82) is 0 Å². The normalized spacial score (nSPS) is 22.9. The van der Waals surface area contributed by atoms with Gasteiger partial charge in [0.1, 0.15) is 24.6 Å². The number of ether oxygens (including phenoxy) is 1. The van der Waals surface area contributed by atoms with Crippen LogP contribution in [0.4, 0.5) is 10.1 Å². The van der Waals surface area contributed by atoms with Crippen LogP contribution in [0.3, 0.4) is 0 Å². The molecule has 3 aliphatic heterocycles. The summed E-state index contributed by atoms with van der Waals surface area (Å²) in [7, 11) is 1.86. The third-order valence-electron chi connectivity index (χ3n) is 7.98. The molecule has 202 valence electrons. The molecule has 0 aliphatic carbocycles. The van der Waals surface area contributed by atoms with Gasteiger partial charge in [-0.2, -0.15) is 10.1 Å². The second-order valence-corrected chi connectivity index (χ2v) is 10.8. The minimum Gasteiger partial charge on any atom is -0.454 e. The highest BCUT2D eigenvalue weighted by molar-refractivity contribution is 5.81. The lowest BCUT2D eigenvalue weighted by Gasteiger charge is -2.51. The average molecular weight is 532 g/mol. The van der Waals surface area contributed by atoms with E-state index < -0.39 is 6.04 Å². The number of aromatic nitrogens is 4. The Bertz CT molecular complexity index is 1460. The van der Waals surface area contributed by atoms with Crippen LogP contribution in [0.1, 0.15) is 36.0 Å². The largest absolute Gasteiger partial charge is 0.454 e. The summed E-state index contributed by atoms with van der Waals surface area (Å²) in [4.78, 5) is 18.3. The van der Waals surface area contributed by atoms with Gasteiger partial charge >= 0.3 is 5.97 Å². The summed E-state index contributed by atoms with van der Waals surface area (Å²) in [5.74, 6) is 0.681. The number of hydrogen-bond donors (Lipinski definition) is 1. The quantitative estimate of drug-likeness (QED) is 0.266. The second kappa shape index (κ2) is 10.3. The number of piperidine rings is 3. The molecule has 4 aromatic rings. The summed E-state index contributed by atoms with van der Waals surface area (Å²) < 4.78 is 28.1. The third-order valence-corrected chi connectivity index (χ3v) is 7.98. The fourth-order valence-electron chi connectivity index (χ4n) is 6.00. The Morgan fingerprint density at radius 1 is 1.18 bits per heavy atom. The van der Waals surface area contributed by atoms with Crippen LogP contribution in [0.5, 0.6) is 0 Å². The van der Waals surface area contributed by atoms with Crippen LogP contribution in [0, 0.1) is 18.7 Å². The van der Waals surface area contributed by atoms with Gasteiger partial charge in [0.05, 0.1) is 18.8 Å². The van der Waals surface area contributed by atoms with Gasteiger partial charge in [-0.1, -0.05) is 41.6 Å². The number of nitrogens with zero attached hydrogens (tertiary/aromatic N) is 5. The van der Waals surface area contributed by atoms with Gasteiger partial charge in [0.15, 0.2) is 12.1 Å². The van der Waals surface area contributed by atoms with Gasteiger partial charge in [0.25, 0.3) is 5.89 Å². The van der Waals surface area contributed by atoms with E-state index in [4.69, 9.17) is 9.26 Å². The summed E-state index contributed by atoms with van der Waals surface area (Å²) in [6.07, 6.45) is 1.72. The zero-order valence-corrected chi connectivity index (χ0v) is 22.1. The predicted molar refractivity (Wildman–Crippen MR) is 142 cm³/mol. The summed E-state index contributed by atoms with van der Waals surface area (Å²) in [5.41, 5.74) is 2.96. The van der Waals surface area contributed by atoms with Crippen LogP contribution >= 0.6 is 0 Å². The number of fused-ring (bicyclic) bond motifs is 3. The fourth-order valence-corrected chi connectivity index (χ4v) is 6.00. The number of carbonyl (C=O) groups excluding carboxylic acids is 1. The number of halogens is 1. The molecule has 2 aromatic carbocycles. The Labute approximate surface area is 226 Å². The molecule has 3 aliphatic rings. The molecule has 3 fully saturated rings. The number of aryl methyl sites for hydroxylation is 2. The first-order chi connectivity index (χ1) is 18.9. The maximum Gasteiger partial charge on any atom is 0.333 e. The maximum absolute atomic E-state index is 13.9. The van der Waals surface area contributed by atoms with E-state index in [0.717, 1.165) is 47.4 Å². The molecule has 0 amide bonds. The van der Waals surface area contributed by atoms with Crippen LogP contribution in [-0.2, 0) is 23.1 Å². The number of nitrogens with one attached hydrogen (secondary N) is 1. The van der Waals surface area contributed by atoms with Crippen LogP contribution in [0.15, 0.2) is 65.2 Å². The minimum atomic E-state index is -0.751. The van der Waals surface area contributed by atoms with E-state index in [2.05, 4.69) is 20.6 Å². The highest BCUT2D eigenvalue weighted by Crippen LogP contribution is 2.38. The van der Waals surface area contributed by atoms with Gasteiger partial charge in [-0.25, -0.2) is 9.18 Å². The van der Waals surface area contributed by atoms with Crippen LogP contribution < -0.4 is 5.32 Å². The molecular weight excluding hydrogens is 499 g/mol. The molecule has 7 rings (SSSR count). The number of benzene rings is 2. The molecule has 1 N–H and O–H groups in total. The van der Waals surface area contributed by atoms with Crippen LogP contribution in [-0.4, -0.2) is 56.1 Å². The lowest BCUT2D eigenvalue weighted by atomic mass is 9.83. The molecule has 2 atom stereocenters. The summed E-state index contributed by atoms with van der Waals surface area (Å²) in [6.45, 7) is 5.21. The number of rotatable bonds is 8. The lowest BCUT2D eigenvalue weighted by molar-refractivity contribution is -0.958. The molecule has 10 heteroatoms. The molecule has 0 spiro atoms. The topological polar surface area (TPSA) is 95.1 Å². The number of carbonyl (C=O) groups is 1. The first kappa shape index (κ1) is 25.2. The van der Waals surface area contributed by atoms with Crippen molar-refractivity contribution in [2.75, 3.05) is 25.0 Å². The number of anilines is 1. The molecule has 2 bridgehead atoms. The zero-order chi connectivity index (χ0) is 27.0. The zero-order valence-electron chi connectivity index (χ0n) is 22.1. The molecule has 5 heterocycles. The molecule has 3 saturated heterocycles. The highest BCUT2D eigenvalue weighted by atomic mass is 19.1. The standard InChI is InChI=1S/C29H32FN6O3/c1-19-15-24(35(2)33-19)28-32-26(34-39-28)18-36-13-11-20(12-14-36)25(17-36)38-29(37)27(21-7-4-3-5-8-21)31-23-10-6-9-22(30)16-23/h3-10,15-16,20,25,27,31H,11-14,17-18H2,1-2H3/q+1/t20?,25-,27?,36?/m0/s1. The van der Waals surface area contributed by atoms with Crippen LogP contribution in [0.2, 0.25) is 0 Å².